The number of aryl methyl sites for hydroxylation is 1. The van der Waals surface area contributed by atoms with Crippen LogP contribution in [0.25, 0.3) is 10.9 Å². The molecule has 0 bridgehead atoms. The van der Waals surface area contributed by atoms with Crippen LogP contribution in [-0.2, 0) is 6.42 Å². The summed E-state index contributed by atoms with van der Waals surface area (Å²) in [4.78, 5) is 8.81. The molecule has 2 aromatic carbocycles. The molecular weight excluding hydrogens is 308 g/mol. The lowest BCUT2D eigenvalue weighted by Gasteiger charge is -2.07. The number of rotatable bonds is 4. The van der Waals surface area contributed by atoms with Crippen LogP contribution in [0.2, 0.25) is 0 Å². The van der Waals surface area contributed by atoms with Gasteiger partial charge in [0, 0.05) is 23.2 Å². The SMILES string of the molecule is NC(=Nc1cccc2cccnc12)Nc1ccc(CCCl)cc1. The Bertz CT molecular complexity index is 823. The summed E-state index contributed by atoms with van der Waals surface area (Å²) in [5, 5.41) is 4.13. The van der Waals surface area contributed by atoms with Crippen LogP contribution in [-0.4, -0.2) is 16.8 Å². The predicted molar refractivity (Wildman–Crippen MR) is 97.5 cm³/mol. The number of alkyl halides is 1. The predicted octanol–water partition coefficient (Wildman–Crippen LogP) is 4.07. The highest BCUT2D eigenvalue weighted by atomic mass is 35.5. The number of aromatic nitrogens is 1. The number of hydrogen-bond acceptors (Lipinski definition) is 2. The number of hydrogen-bond donors (Lipinski definition) is 2. The minimum Gasteiger partial charge on any atom is -0.369 e. The number of halogens is 1. The van der Waals surface area contributed by atoms with Crippen LogP contribution in [0.3, 0.4) is 0 Å². The maximum Gasteiger partial charge on any atom is 0.198 e. The molecule has 0 saturated carbocycles. The highest BCUT2D eigenvalue weighted by Gasteiger charge is 2.02. The summed E-state index contributed by atoms with van der Waals surface area (Å²) in [6, 6.07) is 17.7. The van der Waals surface area contributed by atoms with Gasteiger partial charge in [0.05, 0.1) is 11.2 Å². The van der Waals surface area contributed by atoms with Crippen molar-refractivity contribution in [2.75, 3.05) is 11.2 Å². The second-order valence-corrected chi connectivity index (χ2v) is 5.49. The highest BCUT2D eigenvalue weighted by Crippen LogP contribution is 2.23. The van der Waals surface area contributed by atoms with Crippen molar-refractivity contribution >= 4 is 39.8 Å². The summed E-state index contributed by atoms with van der Waals surface area (Å²) < 4.78 is 0. The van der Waals surface area contributed by atoms with Crippen LogP contribution >= 0.6 is 11.6 Å². The van der Waals surface area contributed by atoms with Gasteiger partial charge in [0.25, 0.3) is 0 Å². The van der Waals surface area contributed by atoms with Crippen molar-refractivity contribution in [3.63, 3.8) is 0 Å². The lowest BCUT2D eigenvalue weighted by Crippen LogP contribution is -2.21. The zero-order chi connectivity index (χ0) is 16.1. The minimum atomic E-state index is 0.327. The molecule has 1 heterocycles. The van der Waals surface area contributed by atoms with Crippen molar-refractivity contribution in [2.45, 2.75) is 6.42 Å². The van der Waals surface area contributed by atoms with Gasteiger partial charge >= 0.3 is 0 Å². The van der Waals surface area contributed by atoms with Crippen molar-refractivity contribution in [2.24, 2.45) is 10.7 Å². The van der Waals surface area contributed by atoms with Crippen molar-refractivity contribution in [1.29, 1.82) is 0 Å². The molecule has 3 rings (SSSR count). The van der Waals surface area contributed by atoms with E-state index in [0.29, 0.717) is 11.8 Å². The first-order valence-corrected chi connectivity index (χ1v) is 7.89. The zero-order valence-corrected chi connectivity index (χ0v) is 13.3. The Hall–Kier alpha value is -2.59. The molecule has 0 spiro atoms. The van der Waals surface area contributed by atoms with Gasteiger partial charge in [0.1, 0.15) is 0 Å². The van der Waals surface area contributed by atoms with E-state index in [1.54, 1.807) is 6.20 Å². The Labute approximate surface area is 140 Å². The second kappa shape index (κ2) is 7.11. The summed E-state index contributed by atoms with van der Waals surface area (Å²) in [6.45, 7) is 0. The van der Waals surface area contributed by atoms with Crippen LogP contribution < -0.4 is 11.1 Å². The van der Waals surface area contributed by atoms with E-state index in [-0.39, 0.29) is 0 Å². The highest BCUT2D eigenvalue weighted by molar-refractivity contribution is 6.18. The maximum absolute atomic E-state index is 6.02. The van der Waals surface area contributed by atoms with Crippen LogP contribution in [0.4, 0.5) is 11.4 Å². The Morgan fingerprint density at radius 1 is 1.09 bits per heavy atom. The number of pyridine rings is 1. The van der Waals surface area contributed by atoms with Gasteiger partial charge in [-0.05, 0) is 36.2 Å². The molecule has 4 nitrogen and oxygen atoms in total. The van der Waals surface area contributed by atoms with Crippen molar-refractivity contribution < 1.29 is 0 Å². The van der Waals surface area contributed by atoms with E-state index < -0.39 is 0 Å². The molecule has 0 aliphatic carbocycles. The Morgan fingerprint density at radius 2 is 1.87 bits per heavy atom. The van der Waals surface area contributed by atoms with Gasteiger partial charge < -0.3 is 11.1 Å². The molecule has 1 aromatic heterocycles. The van der Waals surface area contributed by atoms with Crippen molar-refractivity contribution in [3.05, 3.63) is 66.4 Å². The molecule has 116 valence electrons. The fraction of sp³-hybridized carbons (Fsp3) is 0.111. The van der Waals surface area contributed by atoms with E-state index in [9.17, 15) is 0 Å². The molecular formula is C18H17ClN4. The van der Waals surface area contributed by atoms with E-state index >= 15 is 0 Å². The van der Waals surface area contributed by atoms with E-state index in [2.05, 4.69) is 15.3 Å². The molecule has 0 amide bonds. The normalized spacial score (nSPS) is 11.6. The smallest absolute Gasteiger partial charge is 0.198 e. The van der Waals surface area contributed by atoms with Gasteiger partial charge in [-0.3, -0.25) is 4.98 Å². The van der Waals surface area contributed by atoms with Crippen LogP contribution in [0.1, 0.15) is 5.56 Å². The number of nitrogens with zero attached hydrogens (tertiary/aromatic N) is 2. The first-order chi connectivity index (χ1) is 11.3. The molecule has 0 unspecified atom stereocenters. The average molecular weight is 325 g/mol. The molecule has 0 aliphatic rings. The third-order valence-corrected chi connectivity index (χ3v) is 3.65. The number of aliphatic imine (C=N–C) groups is 1. The average Bonchev–Trinajstić information content (AvgIpc) is 2.57. The lowest BCUT2D eigenvalue weighted by molar-refractivity contribution is 1.15. The molecule has 0 fully saturated rings. The Balaban J connectivity index is 1.81. The Morgan fingerprint density at radius 3 is 2.65 bits per heavy atom. The zero-order valence-electron chi connectivity index (χ0n) is 12.5. The fourth-order valence-corrected chi connectivity index (χ4v) is 2.57. The number of benzene rings is 2. The molecule has 0 radical (unpaired) electrons. The van der Waals surface area contributed by atoms with E-state index in [0.717, 1.165) is 28.7 Å². The number of fused-ring (bicyclic) bond motifs is 1. The third kappa shape index (κ3) is 3.79. The summed E-state index contributed by atoms with van der Waals surface area (Å²) in [5.74, 6) is 0.943. The van der Waals surface area contributed by atoms with Crippen LogP contribution in [0, 0.1) is 0 Å². The molecule has 3 aromatic rings. The number of nitrogens with two attached hydrogens (primary N) is 1. The van der Waals surface area contributed by atoms with Crippen molar-refractivity contribution in [3.8, 4) is 0 Å². The molecule has 0 aliphatic heterocycles. The molecule has 23 heavy (non-hydrogen) atoms. The quantitative estimate of drug-likeness (QED) is 0.432. The minimum absolute atomic E-state index is 0.327. The third-order valence-electron chi connectivity index (χ3n) is 3.46. The maximum atomic E-state index is 6.02. The monoisotopic (exact) mass is 324 g/mol. The second-order valence-electron chi connectivity index (χ2n) is 5.11. The molecule has 5 heteroatoms. The largest absolute Gasteiger partial charge is 0.369 e. The van der Waals surface area contributed by atoms with Gasteiger partial charge in [-0.25, -0.2) is 4.99 Å². The topological polar surface area (TPSA) is 63.3 Å². The molecule has 0 atom stereocenters. The number of anilines is 1. The summed E-state index contributed by atoms with van der Waals surface area (Å²) >= 11 is 5.74. The first-order valence-electron chi connectivity index (χ1n) is 7.36. The van der Waals surface area contributed by atoms with E-state index in [1.165, 1.54) is 5.56 Å². The van der Waals surface area contributed by atoms with Gasteiger partial charge in [0.2, 0.25) is 0 Å². The van der Waals surface area contributed by atoms with Crippen LogP contribution in [0.15, 0.2) is 65.8 Å². The standard InChI is InChI=1S/C18H17ClN4/c19-11-10-13-6-8-15(9-7-13)22-18(20)23-16-5-1-3-14-4-2-12-21-17(14)16/h1-9,12H,10-11H2,(H3,20,22,23). The fourth-order valence-electron chi connectivity index (χ4n) is 2.35. The van der Waals surface area contributed by atoms with Gasteiger partial charge in [0.15, 0.2) is 5.96 Å². The number of guanidine groups is 1. The van der Waals surface area contributed by atoms with Gasteiger partial charge in [-0.1, -0.05) is 30.3 Å². The molecule has 3 N–H and O–H groups in total. The van der Waals surface area contributed by atoms with Gasteiger partial charge in [-0.15, -0.1) is 11.6 Å². The van der Waals surface area contributed by atoms with Crippen molar-refractivity contribution in [1.82, 2.24) is 4.98 Å². The number of nitrogens with one attached hydrogen (secondary N) is 1. The summed E-state index contributed by atoms with van der Waals surface area (Å²) in [5.41, 5.74) is 9.67. The summed E-state index contributed by atoms with van der Waals surface area (Å²) in [7, 11) is 0. The van der Waals surface area contributed by atoms with Gasteiger partial charge in [-0.2, -0.15) is 0 Å². The van der Waals surface area contributed by atoms with Crippen LogP contribution in [0.5, 0.6) is 0 Å². The molecule has 0 saturated heterocycles. The van der Waals surface area contributed by atoms with E-state index in [4.69, 9.17) is 17.3 Å². The number of para-hydroxylation sites is 1. The first kappa shape index (κ1) is 15.3. The lowest BCUT2D eigenvalue weighted by atomic mass is 10.1. The Kier molecular flexibility index (Phi) is 4.74. The van der Waals surface area contributed by atoms with E-state index in [1.807, 2.05) is 54.6 Å². The summed E-state index contributed by atoms with van der Waals surface area (Å²) in [6.07, 6.45) is 2.60.